The first-order valence-electron chi connectivity index (χ1n) is 10.7. The van der Waals surface area contributed by atoms with Crippen molar-refractivity contribution in [3.05, 3.63) is 105 Å². The Morgan fingerprint density at radius 3 is 2.41 bits per heavy atom. The predicted octanol–water partition coefficient (Wildman–Crippen LogP) is 5.69. The van der Waals surface area contributed by atoms with E-state index in [2.05, 4.69) is 10.9 Å². The SMILES string of the molecule is CC/C(=C(/c1ccc(/C=C/C(=O)NNC)cc1)c1ccc(N)c(C=N)c1)c1ccc(F)cc1Cl. The molecule has 5 N–H and O–H groups in total. The Labute approximate surface area is 203 Å². The molecule has 0 bridgehead atoms. The van der Waals surface area contributed by atoms with Crippen LogP contribution >= 0.6 is 11.6 Å². The molecule has 0 saturated heterocycles. The molecule has 0 atom stereocenters. The van der Waals surface area contributed by atoms with Crippen LogP contribution in [-0.2, 0) is 4.79 Å². The number of nitrogen functional groups attached to an aromatic ring is 1. The molecule has 0 spiro atoms. The van der Waals surface area contributed by atoms with Gasteiger partial charge in [-0.2, -0.15) is 0 Å². The standard InChI is InChI=1S/C27H26ClFN4O/c1-3-22(23-11-10-21(29)15-24(23)28)27(19-9-12-25(31)20(14-19)16-30)18-7-4-17(5-8-18)6-13-26(34)33-32-2/h4-16,30,32H,3,31H2,1-2H3,(H,33,34)/b13-6+,27-22+,30-16?. The predicted molar refractivity (Wildman–Crippen MR) is 139 cm³/mol. The molecular formula is C27H26ClFN4O. The van der Waals surface area contributed by atoms with Gasteiger partial charge in [-0.05, 0) is 70.2 Å². The summed E-state index contributed by atoms with van der Waals surface area (Å²) in [5.41, 5.74) is 17.4. The largest absolute Gasteiger partial charge is 0.398 e. The van der Waals surface area contributed by atoms with Crippen LogP contribution in [0.25, 0.3) is 17.2 Å². The van der Waals surface area contributed by atoms with E-state index in [-0.39, 0.29) is 5.91 Å². The van der Waals surface area contributed by atoms with Crippen LogP contribution in [-0.4, -0.2) is 19.2 Å². The third-order valence-electron chi connectivity index (χ3n) is 5.32. The highest BCUT2D eigenvalue weighted by Crippen LogP contribution is 2.38. The van der Waals surface area contributed by atoms with Crippen LogP contribution in [0, 0.1) is 11.2 Å². The molecule has 0 aliphatic rings. The Bertz CT molecular complexity index is 1270. The summed E-state index contributed by atoms with van der Waals surface area (Å²) < 4.78 is 13.7. The number of hydrogen-bond acceptors (Lipinski definition) is 4. The highest BCUT2D eigenvalue weighted by atomic mass is 35.5. The van der Waals surface area contributed by atoms with Crippen LogP contribution < -0.4 is 16.6 Å². The van der Waals surface area contributed by atoms with E-state index >= 15 is 0 Å². The van der Waals surface area contributed by atoms with Gasteiger partial charge in [-0.1, -0.05) is 54.9 Å². The molecule has 5 nitrogen and oxygen atoms in total. The van der Waals surface area contributed by atoms with Gasteiger partial charge >= 0.3 is 0 Å². The lowest BCUT2D eigenvalue weighted by molar-refractivity contribution is -0.117. The van der Waals surface area contributed by atoms with Crippen LogP contribution in [0.15, 0.2) is 66.7 Å². The second-order valence-corrected chi connectivity index (χ2v) is 7.92. The quantitative estimate of drug-likeness (QED) is 0.111. The highest BCUT2D eigenvalue weighted by Gasteiger charge is 2.16. The molecule has 0 aliphatic heterocycles. The van der Waals surface area contributed by atoms with Crippen molar-refractivity contribution in [2.45, 2.75) is 13.3 Å². The van der Waals surface area contributed by atoms with E-state index < -0.39 is 5.82 Å². The Kier molecular flexibility index (Phi) is 8.35. The molecule has 0 aromatic heterocycles. The monoisotopic (exact) mass is 476 g/mol. The van der Waals surface area contributed by atoms with E-state index in [9.17, 15) is 9.18 Å². The zero-order valence-electron chi connectivity index (χ0n) is 19.0. The minimum Gasteiger partial charge on any atom is -0.398 e. The summed E-state index contributed by atoms with van der Waals surface area (Å²) in [4.78, 5) is 11.7. The van der Waals surface area contributed by atoms with E-state index in [1.807, 2.05) is 43.3 Å². The summed E-state index contributed by atoms with van der Waals surface area (Å²) in [5, 5.41) is 8.04. The maximum atomic E-state index is 13.7. The van der Waals surface area contributed by atoms with Crippen molar-refractivity contribution in [1.29, 1.82) is 5.41 Å². The van der Waals surface area contributed by atoms with E-state index in [1.165, 1.54) is 24.4 Å². The smallest absolute Gasteiger partial charge is 0.258 e. The van der Waals surface area contributed by atoms with Gasteiger partial charge in [0.2, 0.25) is 0 Å². The molecule has 34 heavy (non-hydrogen) atoms. The van der Waals surface area contributed by atoms with Gasteiger partial charge in [-0.3, -0.25) is 10.2 Å². The Morgan fingerprint density at radius 1 is 1.09 bits per heavy atom. The zero-order chi connectivity index (χ0) is 24.7. The van der Waals surface area contributed by atoms with Crippen LogP contribution in [0.1, 0.15) is 41.2 Å². The minimum atomic E-state index is -0.400. The molecule has 7 heteroatoms. The van der Waals surface area contributed by atoms with E-state index in [0.29, 0.717) is 22.7 Å². The number of nitrogens with two attached hydrogens (primary N) is 1. The van der Waals surface area contributed by atoms with Crippen molar-refractivity contribution in [2.75, 3.05) is 12.8 Å². The summed E-state index contributed by atoms with van der Waals surface area (Å²) in [6.45, 7) is 2.02. The second-order valence-electron chi connectivity index (χ2n) is 7.51. The van der Waals surface area contributed by atoms with Gasteiger partial charge in [0.25, 0.3) is 5.91 Å². The molecular weight excluding hydrogens is 451 g/mol. The molecule has 3 aromatic carbocycles. The Morgan fingerprint density at radius 2 is 1.79 bits per heavy atom. The van der Waals surface area contributed by atoms with Crippen LogP contribution in [0.2, 0.25) is 5.02 Å². The number of carbonyl (C=O) groups excluding carboxylic acids is 1. The number of anilines is 1. The molecule has 0 aliphatic carbocycles. The molecule has 0 heterocycles. The number of benzene rings is 3. The summed E-state index contributed by atoms with van der Waals surface area (Å²) in [5.74, 6) is -0.657. The molecule has 0 fully saturated rings. The van der Waals surface area contributed by atoms with Crippen molar-refractivity contribution in [2.24, 2.45) is 0 Å². The van der Waals surface area contributed by atoms with E-state index in [4.69, 9.17) is 22.7 Å². The second kappa shape index (κ2) is 11.4. The van der Waals surface area contributed by atoms with Gasteiger partial charge in [0, 0.05) is 30.6 Å². The summed E-state index contributed by atoms with van der Waals surface area (Å²) >= 11 is 6.45. The van der Waals surface area contributed by atoms with Gasteiger partial charge in [0.05, 0.1) is 5.02 Å². The average molecular weight is 477 g/mol. The maximum absolute atomic E-state index is 13.7. The number of rotatable bonds is 8. The lowest BCUT2D eigenvalue weighted by Crippen LogP contribution is -2.32. The zero-order valence-corrected chi connectivity index (χ0v) is 19.7. The first-order valence-corrected chi connectivity index (χ1v) is 11.1. The fourth-order valence-electron chi connectivity index (χ4n) is 3.70. The Hall–Kier alpha value is -3.74. The van der Waals surface area contributed by atoms with Crippen molar-refractivity contribution in [1.82, 2.24) is 10.9 Å². The van der Waals surface area contributed by atoms with Crippen molar-refractivity contribution >= 4 is 46.6 Å². The number of nitrogens with one attached hydrogen (secondary N) is 3. The number of amides is 1. The number of carbonyl (C=O) groups is 1. The molecule has 0 saturated carbocycles. The van der Waals surface area contributed by atoms with Crippen molar-refractivity contribution in [3.63, 3.8) is 0 Å². The lowest BCUT2D eigenvalue weighted by atomic mass is 9.87. The lowest BCUT2D eigenvalue weighted by Gasteiger charge is -2.18. The summed E-state index contributed by atoms with van der Waals surface area (Å²) in [7, 11) is 1.62. The van der Waals surface area contributed by atoms with E-state index in [0.717, 1.165) is 33.4 Å². The summed E-state index contributed by atoms with van der Waals surface area (Å²) in [6.07, 6.45) is 5.01. The fourth-order valence-corrected chi connectivity index (χ4v) is 3.99. The van der Waals surface area contributed by atoms with Gasteiger partial charge < -0.3 is 11.1 Å². The molecule has 0 unspecified atom stereocenters. The topological polar surface area (TPSA) is 91.0 Å². The first-order chi connectivity index (χ1) is 16.4. The normalized spacial score (nSPS) is 11.9. The molecule has 0 radical (unpaired) electrons. The minimum absolute atomic E-state index is 0.257. The molecule has 1 amide bonds. The number of hydrazine groups is 1. The highest BCUT2D eigenvalue weighted by molar-refractivity contribution is 6.32. The van der Waals surface area contributed by atoms with Gasteiger partial charge in [0.15, 0.2) is 0 Å². The third kappa shape index (κ3) is 5.78. The number of allylic oxidation sites excluding steroid dienone is 1. The van der Waals surface area contributed by atoms with Gasteiger partial charge in [0.1, 0.15) is 5.82 Å². The molecule has 3 aromatic rings. The fraction of sp³-hybridized carbons (Fsp3) is 0.111. The Balaban J connectivity index is 2.19. The number of hydrogen-bond donors (Lipinski definition) is 4. The van der Waals surface area contributed by atoms with Crippen molar-refractivity contribution in [3.8, 4) is 0 Å². The maximum Gasteiger partial charge on any atom is 0.258 e. The van der Waals surface area contributed by atoms with E-state index in [1.54, 1.807) is 25.3 Å². The average Bonchev–Trinajstić information content (AvgIpc) is 2.83. The molecule has 3 rings (SSSR count). The molecule has 174 valence electrons. The van der Waals surface area contributed by atoms with Crippen molar-refractivity contribution < 1.29 is 9.18 Å². The van der Waals surface area contributed by atoms with Crippen LogP contribution in [0.3, 0.4) is 0 Å². The van der Waals surface area contributed by atoms with Gasteiger partial charge in [-0.15, -0.1) is 0 Å². The van der Waals surface area contributed by atoms with Gasteiger partial charge in [-0.25, -0.2) is 9.82 Å². The third-order valence-corrected chi connectivity index (χ3v) is 5.63. The van der Waals surface area contributed by atoms with Crippen LogP contribution in [0.5, 0.6) is 0 Å². The van der Waals surface area contributed by atoms with Crippen LogP contribution in [0.4, 0.5) is 10.1 Å². The number of halogens is 2. The first kappa shape index (κ1) is 24.9. The summed E-state index contributed by atoms with van der Waals surface area (Å²) in [6, 6.07) is 17.7.